The van der Waals surface area contributed by atoms with Crippen molar-refractivity contribution in [2.45, 2.75) is 25.3 Å². The van der Waals surface area contributed by atoms with E-state index in [2.05, 4.69) is 16.7 Å². The topological polar surface area (TPSA) is 79.8 Å². The molecule has 0 aromatic heterocycles. The van der Waals surface area contributed by atoms with E-state index >= 15 is 0 Å². The minimum absolute atomic E-state index is 0.0566. The lowest BCUT2D eigenvalue weighted by molar-refractivity contribution is 0.0949. The van der Waals surface area contributed by atoms with E-state index in [0.29, 0.717) is 23.8 Å². The van der Waals surface area contributed by atoms with Crippen LogP contribution in [0.25, 0.3) is 11.1 Å². The largest absolute Gasteiger partial charge is 0.504 e. The average Bonchev–Trinajstić information content (AvgIpc) is 2.87. The van der Waals surface area contributed by atoms with Crippen molar-refractivity contribution in [3.8, 4) is 28.4 Å². The molecule has 4 rings (SSSR count). The molecule has 1 aliphatic rings. The molecule has 0 spiro atoms. The third-order valence-electron chi connectivity index (χ3n) is 6.20. The second-order valence-corrected chi connectivity index (χ2v) is 8.21. The summed E-state index contributed by atoms with van der Waals surface area (Å²) in [6.07, 6.45) is 1.97. The number of carbonyl (C=O) groups is 1. The van der Waals surface area contributed by atoms with Crippen LogP contribution in [0.15, 0.2) is 60.7 Å². The van der Waals surface area contributed by atoms with Crippen molar-refractivity contribution >= 4 is 5.91 Å². The maximum atomic E-state index is 13.3. The van der Waals surface area contributed by atoms with Crippen molar-refractivity contribution < 1.29 is 19.4 Å². The molecule has 1 fully saturated rings. The number of phenolic OH excluding ortho intramolecular Hbond substituents is 1. The molecule has 0 radical (unpaired) electrons. The molecule has 0 aliphatic carbocycles. The highest BCUT2D eigenvalue weighted by Gasteiger charge is 2.25. The number of phenols is 1. The van der Waals surface area contributed by atoms with Gasteiger partial charge in [0.1, 0.15) is 5.75 Å². The average molecular weight is 447 g/mol. The zero-order valence-electron chi connectivity index (χ0n) is 19.1. The van der Waals surface area contributed by atoms with Crippen LogP contribution in [0, 0.1) is 0 Å². The number of hydrogen-bond donors (Lipinski definition) is 3. The monoisotopic (exact) mass is 446 g/mol. The van der Waals surface area contributed by atoms with Crippen LogP contribution in [0.5, 0.6) is 17.2 Å². The molecule has 0 atom stereocenters. The second kappa shape index (κ2) is 10.4. The zero-order valence-corrected chi connectivity index (χ0v) is 19.1. The maximum absolute atomic E-state index is 13.3. The van der Waals surface area contributed by atoms with Crippen molar-refractivity contribution in [1.82, 2.24) is 10.6 Å². The molecule has 33 heavy (non-hydrogen) atoms. The van der Waals surface area contributed by atoms with Gasteiger partial charge in [0.2, 0.25) is 0 Å². The van der Waals surface area contributed by atoms with Crippen molar-refractivity contribution in [2.24, 2.45) is 0 Å². The number of piperidine rings is 1. The Morgan fingerprint density at radius 1 is 1.03 bits per heavy atom. The number of methoxy groups -OCH3 is 2. The number of amides is 1. The summed E-state index contributed by atoms with van der Waals surface area (Å²) < 4.78 is 10.4. The number of nitrogens with one attached hydrogen (secondary N) is 2. The van der Waals surface area contributed by atoms with E-state index in [9.17, 15) is 9.90 Å². The highest BCUT2D eigenvalue weighted by molar-refractivity contribution is 5.98. The first kappa shape index (κ1) is 22.7. The molecule has 1 aliphatic heterocycles. The Morgan fingerprint density at radius 3 is 2.45 bits per heavy atom. The Kier molecular flexibility index (Phi) is 7.15. The molecule has 3 aromatic rings. The lowest BCUT2D eigenvalue weighted by Gasteiger charge is -2.27. The van der Waals surface area contributed by atoms with Crippen LogP contribution in [-0.4, -0.2) is 38.3 Å². The van der Waals surface area contributed by atoms with E-state index in [1.165, 1.54) is 7.11 Å². The third kappa shape index (κ3) is 5.12. The summed E-state index contributed by atoms with van der Waals surface area (Å²) in [5.41, 5.74) is 4.75. The normalized spacial score (nSPS) is 14.0. The van der Waals surface area contributed by atoms with Crippen LogP contribution in [0.2, 0.25) is 0 Å². The highest BCUT2D eigenvalue weighted by atomic mass is 16.5. The van der Waals surface area contributed by atoms with E-state index in [1.54, 1.807) is 19.2 Å². The van der Waals surface area contributed by atoms with Crippen LogP contribution in [0.4, 0.5) is 0 Å². The molecular weight excluding hydrogens is 416 g/mol. The first-order valence-electron chi connectivity index (χ1n) is 11.2. The molecule has 0 unspecified atom stereocenters. The van der Waals surface area contributed by atoms with Gasteiger partial charge in [-0.1, -0.05) is 30.3 Å². The van der Waals surface area contributed by atoms with Crippen LogP contribution in [0.3, 0.4) is 0 Å². The quantitative estimate of drug-likeness (QED) is 0.499. The van der Waals surface area contributed by atoms with Gasteiger partial charge >= 0.3 is 0 Å². The van der Waals surface area contributed by atoms with E-state index in [4.69, 9.17) is 9.47 Å². The Labute approximate surface area is 194 Å². The number of carbonyl (C=O) groups excluding carboxylic acids is 1. The fourth-order valence-corrected chi connectivity index (χ4v) is 4.46. The first-order chi connectivity index (χ1) is 16.1. The van der Waals surface area contributed by atoms with Crippen molar-refractivity contribution in [3.05, 3.63) is 77.4 Å². The summed E-state index contributed by atoms with van der Waals surface area (Å²) in [4.78, 5) is 13.3. The smallest absolute Gasteiger partial charge is 0.251 e. The van der Waals surface area contributed by atoms with Gasteiger partial charge in [0.15, 0.2) is 11.5 Å². The van der Waals surface area contributed by atoms with Crippen LogP contribution < -0.4 is 20.1 Å². The lowest BCUT2D eigenvalue weighted by atomic mass is 9.82. The Hall–Kier alpha value is -3.51. The molecule has 3 aromatic carbocycles. The van der Waals surface area contributed by atoms with Crippen LogP contribution in [0.1, 0.15) is 40.2 Å². The van der Waals surface area contributed by atoms with E-state index in [0.717, 1.165) is 53.9 Å². The predicted octanol–water partition coefficient (Wildman–Crippen LogP) is 4.47. The van der Waals surface area contributed by atoms with Crippen LogP contribution in [-0.2, 0) is 6.54 Å². The second-order valence-electron chi connectivity index (χ2n) is 8.21. The molecule has 3 N–H and O–H groups in total. The minimum atomic E-state index is -0.116. The highest BCUT2D eigenvalue weighted by Crippen LogP contribution is 2.37. The molecule has 0 bridgehead atoms. The van der Waals surface area contributed by atoms with Gasteiger partial charge in [0, 0.05) is 12.1 Å². The summed E-state index contributed by atoms with van der Waals surface area (Å²) in [6, 6.07) is 19.1. The molecule has 6 heteroatoms. The summed E-state index contributed by atoms with van der Waals surface area (Å²) in [5, 5.41) is 16.5. The van der Waals surface area contributed by atoms with Crippen molar-refractivity contribution in [3.63, 3.8) is 0 Å². The predicted molar refractivity (Wildman–Crippen MR) is 129 cm³/mol. The van der Waals surface area contributed by atoms with E-state index in [1.807, 2.05) is 42.5 Å². The molecule has 1 heterocycles. The van der Waals surface area contributed by atoms with Crippen molar-refractivity contribution in [1.29, 1.82) is 0 Å². The Morgan fingerprint density at radius 2 is 1.79 bits per heavy atom. The molecule has 1 amide bonds. The molecular formula is C27H30N2O4. The van der Waals surface area contributed by atoms with Gasteiger partial charge in [-0.05, 0) is 84.4 Å². The van der Waals surface area contributed by atoms with Gasteiger partial charge in [0.25, 0.3) is 5.91 Å². The molecule has 0 saturated carbocycles. The Bertz CT molecular complexity index is 1110. The number of benzene rings is 3. The van der Waals surface area contributed by atoms with Gasteiger partial charge < -0.3 is 25.2 Å². The van der Waals surface area contributed by atoms with Gasteiger partial charge in [-0.3, -0.25) is 4.79 Å². The van der Waals surface area contributed by atoms with E-state index < -0.39 is 0 Å². The van der Waals surface area contributed by atoms with Crippen LogP contribution >= 0.6 is 0 Å². The summed E-state index contributed by atoms with van der Waals surface area (Å²) in [7, 11) is 3.16. The number of rotatable bonds is 7. The van der Waals surface area contributed by atoms with Gasteiger partial charge in [0.05, 0.1) is 14.2 Å². The van der Waals surface area contributed by atoms with Gasteiger partial charge in [-0.25, -0.2) is 0 Å². The first-order valence-corrected chi connectivity index (χ1v) is 11.2. The summed E-state index contributed by atoms with van der Waals surface area (Å²) in [5.74, 6) is 1.45. The molecule has 1 saturated heterocycles. The number of hydrogen-bond acceptors (Lipinski definition) is 5. The van der Waals surface area contributed by atoms with Gasteiger partial charge in [-0.2, -0.15) is 0 Å². The maximum Gasteiger partial charge on any atom is 0.251 e. The Balaban J connectivity index is 1.64. The summed E-state index contributed by atoms with van der Waals surface area (Å²) in [6.45, 7) is 2.19. The zero-order chi connectivity index (χ0) is 23.2. The fourth-order valence-electron chi connectivity index (χ4n) is 4.46. The lowest BCUT2D eigenvalue weighted by Crippen LogP contribution is -2.29. The fraction of sp³-hybridized carbons (Fsp3) is 0.296. The van der Waals surface area contributed by atoms with E-state index in [-0.39, 0.29) is 11.7 Å². The standard InChI is InChI=1S/C27H30N2O4/c1-32-21-9-7-19(8-10-21)22-4-3-5-23(26(22)20-12-14-28-15-13-20)27(31)29-17-18-6-11-25(33-2)24(30)16-18/h3-11,16,20,28,30H,12-15,17H2,1-2H3,(H,29,31). The molecule has 172 valence electrons. The SMILES string of the molecule is COc1ccc(-c2cccc(C(=O)NCc3ccc(OC)c(O)c3)c2C2CCNCC2)cc1. The number of aromatic hydroxyl groups is 1. The third-order valence-corrected chi connectivity index (χ3v) is 6.20. The number of ether oxygens (including phenoxy) is 2. The minimum Gasteiger partial charge on any atom is -0.504 e. The molecule has 6 nitrogen and oxygen atoms in total. The van der Waals surface area contributed by atoms with Crippen molar-refractivity contribution in [2.75, 3.05) is 27.3 Å². The summed E-state index contributed by atoms with van der Waals surface area (Å²) >= 11 is 0. The van der Waals surface area contributed by atoms with Gasteiger partial charge in [-0.15, -0.1) is 0 Å².